The zero-order chi connectivity index (χ0) is 12.3. The third kappa shape index (κ3) is 3.12. The van der Waals surface area contributed by atoms with Gasteiger partial charge in [-0.05, 0) is 30.8 Å². The summed E-state index contributed by atoms with van der Waals surface area (Å²) < 4.78 is 0. The van der Waals surface area contributed by atoms with Gasteiger partial charge in [0.2, 0.25) is 0 Å². The molecule has 2 N–H and O–H groups in total. The molecule has 1 aliphatic rings. The largest absolute Gasteiger partial charge is 0.364 e. The van der Waals surface area contributed by atoms with Gasteiger partial charge in [0.1, 0.15) is 5.56 Å². The van der Waals surface area contributed by atoms with Crippen molar-refractivity contribution in [1.29, 1.82) is 0 Å². The van der Waals surface area contributed by atoms with E-state index in [1.165, 1.54) is 18.0 Å². The lowest BCUT2D eigenvalue weighted by Crippen LogP contribution is -2.32. The Morgan fingerprint density at radius 1 is 1.65 bits per heavy atom. The number of H-pyrrole nitrogens is 1. The van der Waals surface area contributed by atoms with Crippen LogP contribution in [0.5, 0.6) is 0 Å². The second-order valence-corrected chi connectivity index (χ2v) is 5.48. The van der Waals surface area contributed by atoms with Gasteiger partial charge < -0.3 is 10.3 Å². The number of carbonyl (C=O) groups excluding carboxylic acids is 1. The summed E-state index contributed by atoms with van der Waals surface area (Å²) in [6.07, 6.45) is 2.63. The number of pyridine rings is 1. The molecule has 1 aliphatic heterocycles. The Morgan fingerprint density at radius 3 is 3.12 bits per heavy atom. The topological polar surface area (TPSA) is 62.0 Å². The number of thioether (sulfide) groups is 1. The maximum Gasteiger partial charge on any atom is 0.256 e. The van der Waals surface area contributed by atoms with Crippen LogP contribution in [0.1, 0.15) is 22.5 Å². The molecule has 4 nitrogen and oxygen atoms in total. The molecule has 92 valence electrons. The molecule has 0 aromatic carbocycles. The third-order valence-corrected chi connectivity index (χ3v) is 4.11. The first-order valence-corrected chi connectivity index (χ1v) is 6.87. The lowest BCUT2D eigenvalue weighted by atomic mass is 10.1. The van der Waals surface area contributed by atoms with Gasteiger partial charge >= 0.3 is 0 Å². The van der Waals surface area contributed by atoms with Gasteiger partial charge in [0, 0.05) is 24.5 Å². The average molecular weight is 252 g/mol. The zero-order valence-electron chi connectivity index (χ0n) is 9.79. The van der Waals surface area contributed by atoms with Crippen LogP contribution in [0.2, 0.25) is 0 Å². The van der Waals surface area contributed by atoms with Gasteiger partial charge in [-0.25, -0.2) is 0 Å². The Kier molecular flexibility index (Phi) is 3.89. The summed E-state index contributed by atoms with van der Waals surface area (Å²) in [5.41, 5.74) is 0.736. The first-order valence-electron chi connectivity index (χ1n) is 5.72. The van der Waals surface area contributed by atoms with Crippen LogP contribution in [0.4, 0.5) is 0 Å². The molecule has 1 aromatic heterocycles. The molecule has 0 spiro atoms. The first kappa shape index (κ1) is 12.2. The van der Waals surface area contributed by atoms with Gasteiger partial charge in [-0.3, -0.25) is 9.59 Å². The van der Waals surface area contributed by atoms with Crippen molar-refractivity contribution in [3.05, 3.63) is 33.7 Å². The molecule has 1 amide bonds. The Hall–Kier alpha value is -1.23. The molecular formula is C12H16N2O2S. The third-order valence-electron chi connectivity index (χ3n) is 2.88. The Morgan fingerprint density at radius 2 is 2.47 bits per heavy atom. The van der Waals surface area contributed by atoms with Crippen LogP contribution in [0.25, 0.3) is 0 Å². The van der Waals surface area contributed by atoms with Crippen LogP contribution in [-0.4, -0.2) is 28.9 Å². The molecule has 5 heteroatoms. The fourth-order valence-corrected chi connectivity index (χ4v) is 3.11. The summed E-state index contributed by atoms with van der Waals surface area (Å²) >= 11 is 1.92. The van der Waals surface area contributed by atoms with Crippen molar-refractivity contribution < 1.29 is 4.79 Å². The molecule has 0 bridgehead atoms. The number of rotatable bonds is 3. The summed E-state index contributed by atoms with van der Waals surface area (Å²) in [6, 6.07) is 1.44. The standard InChI is InChI=1S/C12H16N2O2S/c1-8-4-11(15)10(6-13-8)12(16)14-5-9-2-3-17-7-9/h4,6,9H,2-3,5,7H2,1H3,(H,13,15)(H,14,16). The molecule has 1 fully saturated rings. The van der Waals surface area contributed by atoms with E-state index in [1.54, 1.807) is 6.92 Å². The van der Waals surface area contributed by atoms with Gasteiger partial charge in [-0.15, -0.1) is 0 Å². The van der Waals surface area contributed by atoms with E-state index in [-0.39, 0.29) is 16.9 Å². The van der Waals surface area contributed by atoms with Crippen molar-refractivity contribution >= 4 is 17.7 Å². The molecule has 1 aromatic rings. The minimum absolute atomic E-state index is 0.196. The monoisotopic (exact) mass is 252 g/mol. The Bertz CT molecular complexity index is 464. The Balaban J connectivity index is 1.97. The number of carbonyl (C=O) groups is 1. The fourth-order valence-electron chi connectivity index (χ4n) is 1.83. The van der Waals surface area contributed by atoms with E-state index in [1.807, 2.05) is 11.8 Å². The van der Waals surface area contributed by atoms with Crippen molar-refractivity contribution in [1.82, 2.24) is 10.3 Å². The molecule has 17 heavy (non-hydrogen) atoms. The smallest absolute Gasteiger partial charge is 0.256 e. The Labute approximate surface area is 104 Å². The molecular weight excluding hydrogens is 236 g/mol. The summed E-state index contributed by atoms with van der Waals surface area (Å²) in [4.78, 5) is 26.3. The highest BCUT2D eigenvalue weighted by molar-refractivity contribution is 7.99. The van der Waals surface area contributed by atoms with E-state index >= 15 is 0 Å². The normalized spacial score (nSPS) is 19.2. The molecule has 0 saturated carbocycles. The summed E-state index contributed by atoms with van der Waals surface area (Å²) in [6.45, 7) is 2.46. The van der Waals surface area contributed by atoms with Crippen molar-refractivity contribution in [2.75, 3.05) is 18.1 Å². The number of aryl methyl sites for hydroxylation is 1. The van der Waals surface area contributed by atoms with Crippen LogP contribution in [-0.2, 0) is 0 Å². The lowest BCUT2D eigenvalue weighted by Gasteiger charge is -2.09. The number of amides is 1. The maximum absolute atomic E-state index is 11.8. The summed E-state index contributed by atoms with van der Waals surface area (Å²) in [5, 5.41) is 2.83. The van der Waals surface area contributed by atoms with E-state index in [9.17, 15) is 9.59 Å². The van der Waals surface area contributed by atoms with Crippen LogP contribution in [0.15, 0.2) is 17.1 Å². The molecule has 1 unspecified atom stereocenters. The minimum atomic E-state index is -0.275. The molecule has 1 atom stereocenters. The molecule has 0 aliphatic carbocycles. The SMILES string of the molecule is Cc1cc(=O)c(C(=O)NCC2CCSC2)c[nH]1. The van der Waals surface area contributed by atoms with E-state index < -0.39 is 0 Å². The minimum Gasteiger partial charge on any atom is -0.364 e. The highest BCUT2D eigenvalue weighted by atomic mass is 32.2. The lowest BCUT2D eigenvalue weighted by molar-refractivity contribution is 0.0947. The predicted octanol–water partition coefficient (Wildman–Crippen LogP) is 1.17. The second-order valence-electron chi connectivity index (χ2n) is 4.33. The number of aromatic amines is 1. The molecule has 1 saturated heterocycles. The number of nitrogens with one attached hydrogen (secondary N) is 2. The fraction of sp³-hybridized carbons (Fsp3) is 0.500. The number of hydrogen-bond donors (Lipinski definition) is 2. The first-order chi connectivity index (χ1) is 8.16. The highest BCUT2D eigenvalue weighted by Gasteiger charge is 2.17. The van der Waals surface area contributed by atoms with Gasteiger partial charge in [0.25, 0.3) is 5.91 Å². The number of hydrogen-bond acceptors (Lipinski definition) is 3. The van der Waals surface area contributed by atoms with E-state index in [0.717, 1.165) is 17.9 Å². The molecule has 2 rings (SSSR count). The van der Waals surface area contributed by atoms with Crippen LogP contribution in [0.3, 0.4) is 0 Å². The van der Waals surface area contributed by atoms with Crippen LogP contribution >= 0.6 is 11.8 Å². The van der Waals surface area contributed by atoms with Gasteiger partial charge in [0.05, 0.1) is 0 Å². The van der Waals surface area contributed by atoms with Crippen molar-refractivity contribution in [2.45, 2.75) is 13.3 Å². The average Bonchev–Trinajstić information content (AvgIpc) is 2.78. The quantitative estimate of drug-likeness (QED) is 0.848. The molecule has 0 radical (unpaired) electrons. The predicted molar refractivity (Wildman–Crippen MR) is 69.6 cm³/mol. The summed E-state index contributed by atoms with van der Waals surface area (Å²) in [7, 11) is 0. The van der Waals surface area contributed by atoms with Crippen LogP contribution < -0.4 is 10.7 Å². The van der Waals surface area contributed by atoms with E-state index in [4.69, 9.17) is 0 Å². The molecule has 2 heterocycles. The van der Waals surface area contributed by atoms with Crippen molar-refractivity contribution in [3.63, 3.8) is 0 Å². The second kappa shape index (κ2) is 5.40. The van der Waals surface area contributed by atoms with E-state index in [0.29, 0.717) is 12.5 Å². The van der Waals surface area contributed by atoms with Gasteiger partial charge in [-0.1, -0.05) is 0 Å². The highest BCUT2D eigenvalue weighted by Crippen LogP contribution is 2.22. The van der Waals surface area contributed by atoms with Crippen LogP contribution in [0, 0.1) is 12.8 Å². The summed E-state index contributed by atoms with van der Waals surface area (Å²) in [5.74, 6) is 2.55. The van der Waals surface area contributed by atoms with Crippen molar-refractivity contribution in [2.24, 2.45) is 5.92 Å². The number of aromatic nitrogens is 1. The van der Waals surface area contributed by atoms with E-state index in [2.05, 4.69) is 10.3 Å². The van der Waals surface area contributed by atoms with Gasteiger partial charge in [0.15, 0.2) is 5.43 Å². The van der Waals surface area contributed by atoms with Gasteiger partial charge in [-0.2, -0.15) is 11.8 Å². The maximum atomic E-state index is 11.8. The zero-order valence-corrected chi connectivity index (χ0v) is 10.6. The van der Waals surface area contributed by atoms with Crippen molar-refractivity contribution in [3.8, 4) is 0 Å².